The molecule has 0 radical (unpaired) electrons. The Bertz CT molecular complexity index is 605. The van der Waals surface area contributed by atoms with E-state index in [9.17, 15) is 18.3 Å². The van der Waals surface area contributed by atoms with E-state index in [0.717, 1.165) is 25.7 Å². The zero-order valence-corrected chi connectivity index (χ0v) is 13.6. The molecule has 0 saturated heterocycles. The molecule has 1 heterocycles. The normalized spacial score (nSPS) is 18.2. The monoisotopic (exact) mass is 329 g/mol. The maximum absolute atomic E-state index is 12.4. The second-order valence-electron chi connectivity index (χ2n) is 5.77. The van der Waals surface area contributed by atoms with Gasteiger partial charge in [0.15, 0.2) is 5.03 Å². The number of rotatable bonds is 7. The number of carboxylic acids is 1. The van der Waals surface area contributed by atoms with E-state index in [0.29, 0.717) is 13.0 Å². The average molecular weight is 329 g/mol. The molecule has 0 bridgehead atoms. The van der Waals surface area contributed by atoms with Gasteiger partial charge in [-0.25, -0.2) is 13.4 Å². The number of hydrogen-bond acceptors (Lipinski definition) is 4. The van der Waals surface area contributed by atoms with E-state index in [1.165, 1.54) is 23.5 Å². The van der Waals surface area contributed by atoms with Crippen molar-refractivity contribution < 1.29 is 18.3 Å². The summed E-state index contributed by atoms with van der Waals surface area (Å²) in [5.74, 6) is -0.856. The molecular weight excluding hydrogens is 306 g/mol. The highest BCUT2D eigenvalue weighted by Crippen LogP contribution is 2.27. The second-order valence-corrected chi connectivity index (χ2v) is 7.43. The Balaban J connectivity index is 2.11. The maximum atomic E-state index is 12.4. The smallest absolute Gasteiger partial charge is 0.321 e. The first kappa shape index (κ1) is 17.0. The fraction of sp³-hybridized carbons (Fsp3) is 0.714. The number of hydrogen-bond donors (Lipinski definition) is 2. The van der Waals surface area contributed by atoms with Crippen molar-refractivity contribution in [3.05, 3.63) is 12.5 Å². The molecule has 8 heteroatoms. The highest BCUT2D eigenvalue weighted by Gasteiger charge is 2.30. The minimum absolute atomic E-state index is 0.00453. The molecule has 7 nitrogen and oxygen atoms in total. The molecule has 0 amide bonds. The van der Waals surface area contributed by atoms with Crippen LogP contribution in [0.2, 0.25) is 0 Å². The summed E-state index contributed by atoms with van der Waals surface area (Å²) in [5, 5.41) is 9.35. The lowest BCUT2D eigenvalue weighted by atomic mass is 9.85. The van der Waals surface area contributed by atoms with Crippen LogP contribution in [0.4, 0.5) is 0 Å². The quantitative estimate of drug-likeness (QED) is 0.791. The molecule has 0 spiro atoms. The standard InChI is InChI=1S/C14H23N3O4S/c1-2-17-10-15-9-13(17)22(20,21)16-12(14(18)19)8-11-6-4-3-5-7-11/h9-12,16H,2-8H2,1H3,(H,18,19)/t12-/m1/s1. The van der Waals surface area contributed by atoms with Gasteiger partial charge in [-0.1, -0.05) is 32.1 Å². The molecule has 0 unspecified atom stereocenters. The van der Waals surface area contributed by atoms with E-state index in [4.69, 9.17) is 0 Å². The van der Waals surface area contributed by atoms with Crippen molar-refractivity contribution in [2.75, 3.05) is 0 Å². The summed E-state index contributed by atoms with van der Waals surface area (Å²) >= 11 is 0. The van der Waals surface area contributed by atoms with Gasteiger partial charge in [-0.2, -0.15) is 4.72 Å². The average Bonchev–Trinajstić information content (AvgIpc) is 2.97. The summed E-state index contributed by atoms with van der Waals surface area (Å²) in [7, 11) is -3.89. The van der Waals surface area contributed by atoms with Crippen LogP contribution in [-0.2, 0) is 21.4 Å². The van der Waals surface area contributed by atoms with Gasteiger partial charge in [0.1, 0.15) is 6.04 Å². The number of sulfonamides is 1. The molecule has 1 aliphatic rings. The SMILES string of the molecule is CCn1cncc1S(=O)(=O)N[C@H](CC1CCCCC1)C(=O)O. The van der Waals surface area contributed by atoms with Crippen LogP contribution in [-0.4, -0.2) is 35.1 Å². The Kier molecular flexibility index (Phi) is 5.57. The van der Waals surface area contributed by atoms with E-state index in [1.54, 1.807) is 6.92 Å². The fourth-order valence-corrected chi connectivity index (χ4v) is 4.35. The Morgan fingerprint density at radius 1 is 1.45 bits per heavy atom. The van der Waals surface area contributed by atoms with Gasteiger partial charge in [-0.15, -0.1) is 0 Å². The van der Waals surface area contributed by atoms with Gasteiger partial charge in [0.25, 0.3) is 10.0 Å². The molecule has 1 fully saturated rings. The first-order chi connectivity index (χ1) is 10.4. The lowest BCUT2D eigenvalue weighted by molar-refractivity contribution is -0.139. The first-order valence-corrected chi connectivity index (χ1v) is 9.17. The van der Waals surface area contributed by atoms with Gasteiger partial charge in [-0.05, 0) is 19.3 Å². The van der Waals surface area contributed by atoms with Gasteiger partial charge in [0.2, 0.25) is 0 Å². The van der Waals surface area contributed by atoms with Crippen LogP contribution in [0.3, 0.4) is 0 Å². The van der Waals surface area contributed by atoms with Crippen molar-refractivity contribution in [1.29, 1.82) is 0 Å². The van der Waals surface area contributed by atoms with Crippen molar-refractivity contribution in [3.8, 4) is 0 Å². The van der Waals surface area contributed by atoms with Crippen LogP contribution >= 0.6 is 0 Å². The van der Waals surface area contributed by atoms with Crippen molar-refractivity contribution in [2.24, 2.45) is 5.92 Å². The molecule has 0 aromatic carbocycles. The molecule has 1 atom stereocenters. The molecule has 2 N–H and O–H groups in total. The molecule has 2 rings (SSSR count). The number of aryl methyl sites for hydroxylation is 1. The van der Waals surface area contributed by atoms with E-state index in [-0.39, 0.29) is 10.9 Å². The molecule has 124 valence electrons. The minimum Gasteiger partial charge on any atom is -0.480 e. The van der Waals surface area contributed by atoms with Crippen LogP contribution in [0.15, 0.2) is 17.6 Å². The van der Waals surface area contributed by atoms with E-state index in [2.05, 4.69) is 9.71 Å². The van der Waals surface area contributed by atoms with Gasteiger partial charge in [-0.3, -0.25) is 4.79 Å². The summed E-state index contributed by atoms with van der Waals surface area (Å²) in [6.45, 7) is 2.26. The zero-order valence-electron chi connectivity index (χ0n) is 12.7. The summed E-state index contributed by atoms with van der Waals surface area (Å²) in [6, 6.07) is -1.09. The zero-order chi connectivity index (χ0) is 16.2. The van der Waals surface area contributed by atoms with Crippen LogP contribution in [0.25, 0.3) is 0 Å². The van der Waals surface area contributed by atoms with Gasteiger partial charge < -0.3 is 9.67 Å². The lowest BCUT2D eigenvalue weighted by Gasteiger charge is -2.25. The molecule has 0 aliphatic heterocycles. The number of carbonyl (C=O) groups is 1. The van der Waals surface area contributed by atoms with Crippen molar-refractivity contribution >= 4 is 16.0 Å². The Morgan fingerprint density at radius 2 is 2.14 bits per heavy atom. The number of carboxylic acid groups (broad SMARTS) is 1. The first-order valence-electron chi connectivity index (χ1n) is 7.69. The summed E-state index contributed by atoms with van der Waals surface area (Å²) < 4.78 is 28.6. The Morgan fingerprint density at radius 3 is 2.73 bits per heavy atom. The van der Waals surface area contributed by atoms with Crippen LogP contribution in [0.5, 0.6) is 0 Å². The molecule has 1 aromatic heterocycles. The third-order valence-electron chi connectivity index (χ3n) is 4.18. The minimum atomic E-state index is -3.89. The molecule has 1 saturated carbocycles. The molecular formula is C14H23N3O4S. The largest absolute Gasteiger partial charge is 0.480 e. The fourth-order valence-electron chi connectivity index (χ4n) is 2.97. The predicted molar refractivity (Wildman–Crippen MR) is 80.8 cm³/mol. The lowest BCUT2D eigenvalue weighted by Crippen LogP contribution is -2.42. The Labute approximate surface area is 130 Å². The second kappa shape index (κ2) is 7.23. The number of aromatic nitrogens is 2. The summed E-state index contributed by atoms with van der Waals surface area (Å²) in [4.78, 5) is 15.2. The van der Waals surface area contributed by atoms with Gasteiger partial charge in [0.05, 0.1) is 12.5 Å². The molecule has 1 aromatic rings. The third-order valence-corrected chi connectivity index (χ3v) is 5.66. The third kappa shape index (κ3) is 4.07. The predicted octanol–water partition coefficient (Wildman–Crippen LogP) is 1.60. The van der Waals surface area contributed by atoms with Crippen molar-refractivity contribution in [2.45, 2.75) is 63.1 Å². The van der Waals surface area contributed by atoms with E-state index < -0.39 is 22.0 Å². The maximum Gasteiger partial charge on any atom is 0.321 e. The van der Waals surface area contributed by atoms with Gasteiger partial charge >= 0.3 is 5.97 Å². The van der Waals surface area contributed by atoms with Crippen LogP contribution < -0.4 is 4.72 Å². The Hall–Kier alpha value is -1.41. The van der Waals surface area contributed by atoms with Gasteiger partial charge in [0, 0.05) is 6.54 Å². The highest BCUT2D eigenvalue weighted by molar-refractivity contribution is 7.89. The molecule has 22 heavy (non-hydrogen) atoms. The summed E-state index contributed by atoms with van der Waals surface area (Å²) in [5.41, 5.74) is 0. The number of imidazole rings is 1. The topological polar surface area (TPSA) is 101 Å². The highest BCUT2D eigenvalue weighted by atomic mass is 32.2. The van der Waals surface area contributed by atoms with Crippen LogP contribution in [0, 0.1) is 5.92 Å². The van der Waals surface area contributed by atoms with E-state index in [1.807, 2.05) is 0 Å². The summed E-state index contributed by atoms with van der Waals surface area (Å²) in [6.07, 6.45) is 8.30. The number of nitrogens with one attached hydrogen (secondary N) is 1. The van der Waals surface area contributed by atoms with Crippen molar-refractivity contribution in [3.63, 3.8) is 0 Å². The molecule has 1 aliphatic carbocycles. The number of nitrogens with zero attached hydrogens (tertiary/aromatic N) is 2. The van der Waals surface area contributed by atoms with Crippen molar-refractivity contribution in [1.82, 2.24) is 14.3 Å². The van der Waals surface area contributed by atoms with Crippen LogP contribution in [0.1, 0.15) is 45.4 Å². The van der Waals surface area contributed by atoms with E-state index >= 15 is 0 Å². The number of aliphatic carboxylic acids is 1.